The topological polar surface area (TPSA) is 69.9 Å². The second-order valence-electron chi connectivity index (χ2n) is 5.77. The molecule has 1 aliphatic heterocycles. The largest absolute Gasteiger partial charge is 0.493 e. The van der Waals surface area contributed by atoms with Gasteiger partial charge in [-0.05, 0) is 35.9 Å². The highest BCUT2D eigenvalue weighted by Crippen LogP contribution is 2.32. The lowest BCUT2D eigenvalue weighted by molar-refractivity contribution is -0.116. The molecule has 1 N–H and O–H groups in total. The summed E-state index contributed by atoms with van der Waals surface area (Å²) in [4.78, 5) is 12.0. The number of benzene rings is 2. The van der Waals surface area contributed by atoms with Gasteiger partial charge in [0.05, 0.1) is 7.11 Å². The van der Waals surface area contributed by atoms with E-state index in [0.717, 1.165) is 16.7 Å². The fourth-order valence-electron chi connectivity index (χ4n) is 2.76. The first kappa shape index (κ1) is 16.1. The van der Waals surface area contributed by atoms with Crippen LogP contribution in [0.5, 0.6) is 17.2 Å². The standard InChI is InChI=1S/C20H17NO5/c1-23-17-4-2-3-14-10-15(26-20(14)17)6-8-19(22)21-11-13-5-7-16-18(9-13)25-12-24-16/h2-10H,11-12H2,1H3,(H,21,22). The van der Waals surface area contributed by atoms with Gasteiger partial charge in [-0.2, -0.15) is 0 Å². The van der Waals surface area contributed by atoms with Crippen LogP contribution in [0.25, 0.3) is 17.0 Å². The van der Waals surface area contributed by atoms with Crippen molar-refractivity contribution in [2.24, 2.45) is 0 Å². The van der Waals surface area contributed by atoms with Crippen LogP contribution in [-0.4, -0.2) is 19.8 Å². The number of hydrogen-bond donors (Lipinski definition) is 1. The van der Waals surface area contributed by atoms with Gasteiger partial charge in [-0.15, -0.1) is 0 Å². The number of ether oxygens (including phenoxy) is 3. The maximum Gasteiger partial charge on any atom is 0.244 e. The Kier molecular flexibility index (Phi) is 4.23. The molecular formula is C20H17NO5. The van der Waals surface area contributed by atoms with Gasteiger partial charge in [0.25, 0.3) is 0 Å². The minimum Gasteiger partial charge on any atom is -0.493 e. The molecule has 132 valence electrons. The van der Waals surface area contributed by atoms with Gasteiger partial charge in [-0.25, -0.2) is 0 Å². The third-order valence-electron chi connectivity index (χ3n) is 4.05. The molecule has 1 aromatic heterocycles. The third kappa shape index (κ3) is 3.21. The second kappa shape index (κ2) is 6.84. The number of methoxy groups -OCH3 is 1. The molecule has 0 aliphatic carbocycles. The summed E-state index contributed by atoms with van der Waals surface area (Å²) in [6, 6.07) is 13.1. The molecule has 1 amide bonds. The number of rotatable bonds is 5. The molecule has 4 rings (SSSR count). The van der Waals surface area contributed by atoms with E-state index in [-0.39, 0.29) is 12.7 Å². The van der Waals surface area contributed by atoms with Crippen LogP contribution in [0.4, 0.5) is 0 Å². The summed E-state index contributed by atoms with van der Waals surface area (Å²) in [5.74, 6) is 2.45. The molecule has 6 heteroatoms. The van der Waals surface area contributed by atoms with Crippen molar-refractivity contribution in [3.05, 3.63) is 59.9 Å². The van der Waals surface area contributed by atoms with Gasteiger partial charge in [0, 0.05) is 18.0 Å². The summed E-state index contributed by atoms with van der Waals surface area (Å²) >= 11 is 0. The number of carbonyl (C=O) groups excluding carboxylic acids is 1. The molecule has 3 aromatic rings. The number of nitrogens with one attached hydrogen (secondary N) is 1. The molecule has 26 heavy (non-hydrogen) atoms. The number of fused-ring (bicyclic) bond motifs is 2. The van der Waals surface area contributed by atoms with Crippen molar-refractivity contribution in [3.8, 4) is 17.2 Å². The first-order valence-electron chi connectivity index (χ1n) is 8.14. The Balaban J connectivity index is 1.40. The molecular weight excluding hydrogens is 334 g/mol. The number of furan rings is 1. The Bertz CT molecular complexity index is 989. The molecule has 0 bridgehead atoms. The summed E-state index contributed by atoms with van der Waals surface area (Å²) in [6.45, 7) is 0.629. The average Bonchev–Trinajstić information content (AvgIpc) is 3.30. The van der Waals surface area contributed by atoms with E-state index in [4.69, 9.17) is 18.6 Å². The van der Waals surface area contributed by atoms with Gasteiger partial charge in [-0.1, -0.05) is 18.2 Å². The van der Waals surface area contributed by atoms with Crippen molar-refractivity contribution in [3.63, 3.8) is 0 Å². The van der Waals surface area contributed by atoms with E-state index in [1.165, 1.54) is 6.08 Å². The van der Waals surface area contributed by atoms with Gasteiger partial charge in [0.15, 0.2) is 22.8 Å². The highest BCUT2D eigenvalue weighted by Gasteiger charge is 2.13. The van der Waals surface area contributed by atoms with Crippen LogP contribution in [0.3, 0.4) is 0 Å². The molecule has 2 heterocycles. The Morgan fingerprint density at radius 2 is 2.08 bits per heavy atom. The quantitative estimate of drug-likeness (QED) is 0.713. The zero-order chi connectivity index (χ0) is 17.9. The molecule has 0 atom stereocenters. The van der Waals surface area contributed by atoms with Gasteiger partial charge >= 0.3 is 0 Å². The van der Waals surface area contributed by atoms with Crippen molar-refractivity contribution in [1.29, 1.82) is 0 Å². The number of amides is 1. The second-order valence-corrected chi connectivity index (χ2v) is 5.77. The smallest absolute Gasteiger partial charge is 0.244 e. The van der Waals surface area contributed by atoms with Crippen molar-refractivity contribution >= 4 is 23.0 Å². The van der Waals surface area contributed by atoms with Crippen LogP contribution in [0.15, 0.2) is 53.0 Å². The van der Waals surface area contributed by atoms with Crippen LogP contribution in [0.2, 0.25) is 0 Å². The SMILES string of the molecule is COc1cccc2cc(C=CC(=O)NCc3ccc4c(c3)OCO4)oc12. The predicted molar refractivity (Wildman–Crippen MR) is 96.2 cm³/mol. The van der Waals surface area contributed by atoms with E-state index in [1.807, 2.05) is 42.5 Å². The van der Waals surface area contributed by atoms with E-state index in [9.17, 15) is 4.79 Å². The van der Waals surface area contributed by atoms with E-state index in [0.29, 0.717) is 29.4 Å². The number of carbonyl (C=O) groups is 1. The normalized spacial score (nSPS) is 12.7. The molecule has 6 nitrogen and oxygen atoms in total. The van der Waals surface area contributed by atoms with Crippen LogP contribution < -0.4 is 19.5 Å². The molecule has 0 unspecified atom stereocenters. The van der Waals surface area contributed by atoms with Crippen molar-refractivity contribution < 1.29 is 23.4 Å². The Morgan fingerprint density at radius 3 is 2.96 bits per heavy atom. The Morgan fingerprint density at radius 1 is 1.19 bits per heavy atom. The first-order valence-corrected chi connectivity index (χ1v) is 8.14. The van der Waals surface area contributed by atoms with E-state index < -0.39 is 0 Å². The van der Waals surface area contributed by atoms with Gasteiger partial charge in [-0.3, -0.25) is 4.79 Å². The summed E-state index contributed by atoms with van der Waals surface area (Å²) in [5, 5.41) is 3.75. The minimum absolute atomic E-state index is 0.213. The van der Waals surface area contributed by atoms with Gasteiger partial charge in [0.1, 0.15) is 5.76 Å². The van der Waals surface area contributed by atoms with E-state index >= 15 is 0 Å². The maximum absolute atomic E-state index is 12.0. The first-order chi connectivity index (χ1) is 12.7. The van der Waals surface area contributed by atoms with Gasteiger partial charge in [0.2, 0.25) is 12.7 Å². The summed E-state index contributed by atoms with van der Waals surface area (Å²) in [6.07, 6.45) is 3.07. The van der Waals surface area contributed by atoms with E-state index in [2.05, 4.69) is 5.32 Å². The monoisotopic (exact) mass is 351 g/mol. The minimum atomic E-state index is -0.213. The molecule has 0 saturated carbocycles. The highest BCUT2D eigenvalue weighted by molar-refractivity contribution is 5.92. The van der Waals surface area contributed by atoms with E-state index in [1.54, 1.807) is 13.2 Å². The fourth-order valence-corrected chi connectivity index (χ4v) is 2.76. The van der Waals surface area contributed by atoms with Crippen LogP contribution in [-0.2, 0) is 11.3 Å². The molecule has 0 spiro atoms. The summed E-state index contributed by atoms with van der Waals surface area (Å²) in [5.41, 5.74) is 1.60. The summed E-state index contributed by atoms with van der Waals surface area (Å²) in [7, 11) is 1.59. The zero-order valence-corrected chi connectivity index (χ0v) is 14.2. The number of para-hydroxylation sites is 1. The lowest BCUT2D eigenvalue weighted by Gasteiger charge is -2.03. The Hall–Kier alpha value is -3.41. The zero-order valence-electron chi connectivity index (χ0n) is 14.2. The maximum atomic E-state index is 12.0. The van der Waals surface area contributed by atoms with Crippen molar-refractivity contribution in [2.75, 3.05) is 13.9 Å². The van der Waals surface area contributed by atoms with Crippen LogP contribution in [0.1, 0.15) is 11.3 Å². The van der Waals surface area contributed by atoms with Crippen molar-refractivity contribution in [2.45, 2.75) is 6.54 Å². The predicted octanol–water partition coefficient (Wildman–Crippen LogP) is 3.50. The molecule has 0 saturated heterocycles. The third-order valence-corrected chi connectivity index (χ3v) is 4.05. The molecule has 1 aliphatic rings. The van der Waals surface area contributed by atoms with Crippen molar-refractivity contribution in [1.82, 2.24) is 5.32 Å². The molecule has 0 radical (unpaired) electrons. The highest BCUT2D eigenvalue weighted by atomic mass is 16.7. The van der Waals surface area contributed by atoms with Gasteiger partial charge < -0.3 is 23.9 Å². The average molecular weight is 351 g/mol. The molecule has 0 fully saturated rings. The van der Waals surface area contributed by atoms with Crippen LogP contribution in [0, 0.1) is 0 Å². The lowest BCUT2D eigenvalue weighted by atomic mass is 10.2. The summed E-state index contributed by atoms with van der Waals surface area (Å²) < 4.78 is 21.6. The Labute approximate surface area is 150 Å². The fraction of sp³-hybridized carbons (Fsp3) is 0.150. The lowest BCUT2D eigenvalue weighted by Crippen LogP contribution is -2.20. The number of hydrogen-bond acceptors (Lipinski definition) is 5. The van der Waals surface area contributed by atoms with Crippen LogP contribution >= 0.6 is 0 Å². The molecule has 2 aromatic carbocycles.